The number of aryl methyl sites for hydroxylation is 1. The Morgan fingerprint density at radius 3 is 2.81 bits per heavy atom. The number of allylic oxidation sites excluding steroid dienone is 1. The van der Waals surface area contributed by atoms with E-state index in [0.29, 0.717) is 5.89 Å². The van der Waals surface area contributed by atoms with E-state index >= 15 is 0 Å². The van der Waals surface area contributed by atoms with E-state index in [4.69, 9.17) is 9.52 Å². The zero-order chi connectivity index (χ0) is 11.9. The lowest BCUT2D eigenvalue weighted by molar-refractivity contribution is 0.417. The monoisotopic (exact) mass is 281 g/mol. The maximum Gasteiger partial charge on any atom is 0.223 e. The number of rotatable bonds is 1. The number of hydrogen-bond donors (Lipinski definition) is 1. The summed E-state index contributed by atoms with van der Waals surface area (Å²) in [5.41, 5.74) is 3.81. The highest BCUT2D eigenvalue weighted by Crippen LogP contribution is 2.30. The smallest absolute Gasteiger partial charge is 0.223 e. The van der Waals surface area contributed by atoms with Gasteiger partial charge in [-0.25, -0.2) is 4.98 Å². The first-order valence-electron chi connectivity index (χ1n) is 4.92. The summed E-state index contributed by atoms with van der Waals surface area (Å²) in [6.07, 6.45) is 1.50. The average molecular weight is 282 g/mol. The van der Waals surface area contributed by atoms with Gasteiger partial charge >= 0.3 is 0 Å². The topological polar surface area (TPSA) is 46.3 Å². The molecule has 0 bridgehead atoms. The Morgan fingerprint density at radius 1 is 1.50 bits per heavy atom. The molecule has 1 N–H and O–H groups in total. The molecule has 0 amide bonds. The van der Waals surface area contributed by atoms with Crippen molar-refractivity contribution in [1.29, 1.82) is 0 Å². The fourth-order valence-electron chi connectivity index (χ4n) is 1.50. The molecular weight excluding hydrogens is 270 g/mol. The minimum atomic E-state index is 0.177. The number of fused-ring (bicyclic) bond motifs is 1. The van der Waals surface area contributed by atoms with E-state index in [1.807, 2.05) is 19.9 Å². The summed E-state index contributed by atoms with van der Waals surface area (Å²) in [6.45, 7) is 5.63. The third-order valence-electron chi connectivity index (χ3n) is 2.48. The van der Waals surface area contributed by atoms with Gasteiger partial charge in [0.2, 0.25) is 5.89 Å². The largest absolute Gasteiger partial charge is 0.512 e. The molecule has 84 valence electrons. The molecule has 16 heavy (non-hydrogen) atoms. The minimum Gasteiger partial charge on any atom is -0.512 e. The predicted octanol–water partition coefficient (Wildman–Crippen LogP) is 4.13. The van der Waals surface area contributed by atoms with Crippen molar-refractivity contribution >= 4 is 33.1 Å². The first-order chi connectivity index (χ1) is 7.49. The molecule has 4 heteroatoms. The Morgan fingerprint density at radius 2 is 2.19 bits per heavy atom. The van der Waals surface area contributed by atoms with Crippen LogP contribution in [0.3, 0.4) is 0 Å². The van der Waals surface area contributed by atoms with E-state index in [0.717, 1.165) is 26.7 Å². The number of nitrogens with zero attached hydrogens (tertiary/aromatic N) is 1. The van der Waals surface area contributed by atoms with Crippen LogP contribution in [0.1, 0.15) is 23.9 Å². The molecule has 2 aromatic rings. The van der Waals surface area contributed by atoms with Gasteiger partial charge in [0.15, 0.2) is 5.58 Å². The Bertz CT molecular complexity index is 580. The summed E-state index contributed by atoms with van der Waals surface area (Å²) in [6, 6.07) is 1.98. The number of aliphatic hydroxyl groups excluding tert-OH is 1. The molecule has 0 saturated heterocycles. The third-order valence-corrected chi connectivity index (χ3v) is 3.43. The summed E-state index contributed by atoms with van der Waals surface area (Å²) in [4.78, 5) is 4.28. The summed E-state index contributed by atoms with van der Waals surface area (Å²) in [5.74, 6) is 0.594. The van der Waals surface area contributed by atoms with E-state index in [9.17, 15) is 0 Å². The zero-order valence-electron chi connectivity index (χ0n) is 9.34. The van der Waals surface area contributed by atoms with Crippen LogP contribution >= 0.6 is 15.9 Å². The van der Waals surface area contributed by atoms with Gasteiger partial charge < -0.3 is 9.52 Å². The Kier molecular flexibility index (Phi) is 2.76. The highest BCUT2D eigenvalue weighted by molar-refractivity contribution is 9.10. The van der Waals surface area contributed by atoms with Crippen LogP contribution in [0.5, 0.6) is 0 Å². The SMILES string of the molecule is C/C(O)=C/c1nc2cc(C)c(C)c(Br)c2o1. The van der Waals surface area contributed by atoms with E-state index in [-0.39, 0.29) is 5.76 Å². The molecule has 0 fully saturated rings. The van der Waals surface area contributed by atoms with Gasteiger partial charge in [-0.1, -0.05) is 0 Å². The first kappa shape index (κ1) is 11.2. The molecule has 3 nitrogen and oxygen atoms in total. The van der Waals surface area contributed by atoms with Crippen molar-refractivity contribution in [1.82, 2.24) is 4.98 Å². The number of benzene rings is 1. The second-order valence-electron chi connectivity index (χ2n) is 3.82. The number of oxazole rings is 1. The lowest BCUT2D eigenvalue weighted by Crippen LogP contribution is -1.83. The maximum atomic E-state index is 9.16. The average Bonchev–Trinajstić information content (AvgIpc) is 2.56. The first-order valence-corrected chi connectivity index (χ1v) is 5.72. The molecule has 0 aliphatic heterocycles. The Hall–Kier alpha value is -1.29. The van der Waals surface area contributed by atoms with Crippen LogP contribution in [-0.2, 0) is 0 Å². The maximum absolute atomic E-state index is 9.16. The third kappa shape index (κ3) is 1.85. The van der Waals surface area contributed by atoms with Crippen LogP contribution in [0, 0.1) is 13.8 Å². The van der Waals surface area contributed by atoms with Gasteiger partial charge in [-0.15, -0.1) is 0 Å². The van der Waals surface area contributed by atoms with Crippen LogP contribution in [0.25, 0.3) is 17.2 Å². The quantitative estimate of drug-likeness (QED) is 0.800. The predicted molar refractivity (Wildman–Crippen MR) is 67.5 cm³/mol. The van der Waals surface area contributed by atoms with Crippen LogP contribution < -0.4 is 0 Å². The van der Waals surface area contributed by atoms with Gasteiger partial charge in [0.25, 0.3) is 0 Å². The molecule has 0 atom stereocenters. The minimum absolute atomic E-state index is 0.177. The van der Waals surface area contributed by atoms with Crippen LogP contribution in [0.2, 0.25) is 0 Å². The van der Waals surface area contributed by atoms with Gasteiger partial charge in [-0.05, 0) is 53.9 Å². The van der Waals surface area contributed by atoms with Crippen molar-refractivity contribution < 1.29 is 9.52 Å². The summed E-state index contributed by atoms with van der Waals surface area (Å²) >= 11 is 3.49. The lowest BCUT2D eigenvalue weighted by atomic mass is 10.1. The fourth-order valence-corrected chi connectivity index (χ4v) is 2.10. The standard InChI is InChI=1S/C12H12BrNO2/c1-6-4-9-12(11(13)8(6)3)16-10(14-9)5-7(2)15/h4-5,15H,1-3H3/b7-5-. The van der Waals surface area contributed by atoms with Crippen molar-refractivity contribution in [3.8, 4) is 0 Å². The molecule has 0 aliphatic rings. The molecule has 0 unspecified atom stereocenters. The second kappa shape index (κ2) is 3.94. The highest BCUT2D eigenvalue weighted by atomic mass is 79.9. The molecule has 1 heterocycles. The van der Waals surface area contributed by atoms with Gasteiger partial charge in [0.05, 0.1) is 10.2 Å². The molecule has 0 radical (unpaired) electrons. The number of aromatic nitrogens is 1. The van der Waals surface area contributed by atoms with E-state index < -0.39 is 0 Å². The molecular formula is C12H12BrNO2. The molecule has 0 saturated carbocycles. The molecule has 0 aliphatic carbocycles. The summed E-state index contributed by atoms with van der Waals surface area (Å²) in [7, 11) is 0. The van der Waals surface area contributed by atoms with Crippen LogP contribution in [-0.4, -0.2) is 10.1 Å². The molecule has 1 aromatic heterocycles. The van der Waals surface area contributed by atoms with Crippen molar-refractivity contribution in [2.24, 2.45) is 0 Å². The van der Waals surface area contributed by atoms with Gasteiger partial charge in [0.1, 0.15) is 5.52 Å². The highest BCUT2D eigenvalue weighted by Gasteiger charge is 2.11. The van der Waals surface area contributed by atoms with Gasteiger partial charge in [-0.2, -0.15) is 0 Å². The van der Waals surface area contributed by atoms with Crippen molar-refractivity contribution in [3.05, 3.63) is 33.3 Å². The number of aliphatic hydroxyl groups is 1. The lowest BCUT2D eigenvalue weighted by Gasteiger charge is -2.01. The van der Waals surface area contributed by atoms with Crippen LogP contribution in [0.15, 0.2) is 20.7 Å². The van der Waals surface area contributed by atoms with E-state index in [2.05, 4.69) is 20.9 Å². The zero-order valence-corrected chi connectivity index (χ0v) is 10.9. The van der Waals surface area contributed by atoms with Gasteiger partial charge in [0, 0.05) is 6.08 Å². The van der Waals surface area contributed by atoms with E-state index in [1.165, 1.54) is 6.08 Å². The molecule has 1 aromatic carbocycles. The Balaban J connectivity index is 2.71. The van der Waals surface area contributed by atoms with Crippen molar-refractivity contribution in [2.75, 3.05) is 0 Å². The number of halogens is 1. The molecule has 2 rings (SSSR count). The number of hydrogen-bond acceptors (Lipinski definition) is 3. The van der Waals surface area contributed by atoms with Crippen molar-refractivity contribution in [3.63, 3.8) is 0 Å². The summed E-state index contributed by atoms with van der Waals surface area (Å²) < 4.78 is 6.47. The summed E-state index contributed by atoms with van der Waals surface area (Å²) in [5, 5.41) is 9.16. The fraction of sp³-hybridized carbons (Fsp3) is 0.250. The van der Waals surface area contributed by atoms with E-state index in [1.54, 1.807) is 6.92 Å². The normalized spacial score (nSPS) is 12.4. The second-order valence-corrected chi connectivity index (χ2v) is 4.61. The Labute approximate surface area is 102 Å². The molecule has 0 spiro atoms. The van der Waals surface area contributed by atoms with Crippen LogP contribution in [0.4, 0.5) is 0 Å². The van der Waals surface area contributed by atoms with Crippen molar-refractivity contribution in [2.45, 2.75) is 20.8 Å². The van der Waals surface area contributed by atoms with Gasteiger partial charge in [-0.3, -0.25) is 0 Å².